The van der Waals surface area contributed by atoms with Crippen molar-refractivity contribution < 1.29 is 18.7 Å². The van der Waals surface area contributed by atoms with Crippen LogP contribution in [-0.2, 0) is 9.53 Å². The lowest BCUT2D eigenvalue weighted by molar-refractivity contribution is -0.128. The lowest BCUT2D eigenvalue weighted by atomic mass is 10.2. The number of nitrogens with one attached hydrogen (secondary N) is 1. The summed E-state index contributed by atoms with van der Waals surface area (Å²) in [6.07, 6.45) is -0.00494. The van der Waals surface area contributed by atoms with Gasteiger partial charge >= 0.3 is 0 Å². The zero-order valence-electron chi connectivity index (χ0n) is 11.8. The van der Waals surface area contributed by atoms with Gasteiger partial charge in [-0.25, -0.2) is 4.39 Å². The van der Waals surface area contributed by atoms with Crippen molar-refractivity contribution in [1.29, 1.82) is 0 Å². The standard InChI is InChI=1S/C14H19ClFNO3/c1-9(6-7-19-3)17-14(18)10(2)20-13-5-4-11(16)8-12(13)15/h4-5,8-10H,6-7H2,1-3H3,(H,17,18). The first-order valence-corrected chi connectivity index (χ1v) is 6.73. The molecule has 0 spiro atoms. The van der Waals surface area contributed by atoms with Crippen molar-refractivity contribution in [3.8, 4) is 5.75 Å². The Hall–Kier alpha value is -1.33. The topological polar surface area (TPSA) is 47.6 Å². The van der Waals surface area contributed by atoms with Gasteiger partial charge < -0.3 is 14.8 Å². The normalized spacial score (nSPS) is 13.7. The molecule has 0 bridgehead atoms. The van der Waals surface area contributed by atoms with E-state index in [-0.39, 0.29) is 22.7 Å². The third kappa shape index (κ3) is 5.35. The fourth-order valence-electron chi connectivity index (χ4n) is 1.54. The second-order valence-electron chi connectivity index (χ2n) is 4.53. The average Bonchev–Trinajstić information content (AvgIpc) is 2.39. The number of amides is 1. The van der Waals surface area contributed by atoms with Crippen molar-refractivity contribution >= 4 is 17.5 Å². The highest BCUT2D eigenvalue weighted by atomic mass is 35.5. The molecular weight excluding hydrogens is 285 g/mol. The smallest absolute Gasteiger partial charge is 0.260 e. The molecule has 1 N–H and O–H groups in total. The number of carbonyl (C=O) groups excluding carboxylic acids is 1. The summed E-state index contributed by atoms with van der Waals surface area (Å²) in [5, 5.41) is 2.94. The Bertz CT molecular complexity index is 456. The second kappa shape index (κ2) is 8.07. The highest BCUT2D eigenvalue weighted by Crippen LogP contribution is 2.25. The van der Waals surface area contributed by atoms with Gasteiger partial charge in [-0.3, -0.25) is 4.79 Å². The molecule has 0 fully saturated rings. The average molecular weight is 304 g/mol. The Morgan fingerprint density at radius 1 is 1.45 bits per heavy atom. The molecule has 0 saturated heterocycles. The summed E-state index contributed by atoms with van der Waals surface area (Å²) in [6.45, 7) is 4.06. The number of halogens is 2. The molecule has 0 saturated carbocycles. The van der Waals surface area contributed by atoms with E-state index in [0.29, 0.717) is 13.0 Å². The van der Waals surface area contributed by atoms with E-state index in [1.807, 2.05) is 6.92 Å². The largest absolute Gasteiger partial charge is 0.479 e. The van der Waals surface area contributed by atoms with Gasteiger partial charge in [-0.15, -0.1) is 0 Å². The molecule has 20 heavy (non-hydrogen) atoms. The lowest BCUT2D eigenvalue weighted by Crippen LogP contribution is -2.41. The van der Waals surface area contributed by atoms with Crippen LogP contribution in [0, 0.1) is 5.82 Å². The summed E-state index contributed by atoms with van der Waals surface area (Å²) in [5.74, 6) is -0.429. The maximum atomic E-state index is 12.9. The van der Waals surface area contributed by atoms with Crippen molar-refractivity contribution in [2.75, 3.05) is 13.7 Å². The summed E-state index contributed by atoms with van der Waals surface area (Å²) in [4.78, 5) is 11.9. The summed E-state index contributed by atoms with van der Waals surface area (Å²) < 4.78 is 23.3. The van der Waals surface area contributed by atoms with E-state index in [1.165, 1.54) is 12.1 Å². The number of methoxy groups -OCH3 is 1. The van der Waals surface area contributed by atoms with Crippen LogP contribution in [0.2, 0.25) is 5.02 Å². The molecule has 0 heterocycles. The van der Waals surface area contributed by atoms with Gasteiger partial charge in [0.05, 0.1) is 5.02 Å². The molecule has 6 heteroatoms. The van der Waals surface area contributed by atoms with E-state index < -0.39 is 11.9 Å². The fraction of sp³-hybridized carbons (Fsp3) is 0.500. The molecule has 0 aromatic heterocycles. The molecular formula is C14H19ClFNO3. The fourth-order valence-corrected chi connectivity index (χ4v) is 1.75. The highest BCUT2D eigenvalue weighted by Gasteiger charge is 2.18. The Morgan fingerprint density at radius 3 is 2.75 bits per heavy atom. The first-order valence-electron chi connectivity index (χ1n) is 6.35. The minimum absolute atomic E-state index is 0.0165. The van der Waals surface area contributed by atoms with Gasteiger partial charge in [0.2, 0.25) is 0 Å². The van der Waals surface area contributed by atoms with Crippen LogP contribution in [0.3, 0.4) is 0 Å². The first kappa shape index (κ1) is 16.7. The SMILES string of the molecule is COCCC(C)NC(=O)C(C)Oc1ccc(F)cc1Cl. The summed E-state index contributed by atoms with van der Waals surface area (Å²) in [6, 6.07) is 3.75. The number of hydrogen-bond acceptors (Lipinski definition) is 3. The summed E-state index contributed by atoms with van der Waals surface area (Å²) in [7, 11) is 1.61. The van der Waals surface area contributed by atoms with Gasteiger partial charge in [-0.2, -0.15) is 0 Å². The van der Waals surface area contributed by atoms with Gasteiger partial charge in [-0.1, -0.05) is 11.6 Å². The van der Waals surface area contributed by atoms with Crippen molar-refractivity contribution in [1.82, 2.24) is 5.32 Å². The number of rotatable bonds is 7. The van der Waals surface area contributed by atoms with E-state index in [0.717, 1.165) is 6.07 Å². The predicted molar refractivity (Wildman–Crippen MR) is 75.6 cm³/mol. The first-order chi connectivity index (χ1) is 9.43. The van der Waals surface area contributed by atoms with E-state index in [1.54, 1.807) is 14.0 Å². The van der Waals surface area contributed by atoms with Gasteiger partial charge in [0.15, 0.2) is 6.10 Å². The summed E-state index contributed by atoms with van der Waals surface area (Å²) in [5.41, 5.74) is 0. The zero-order chi connectivity index (χ0) is 15.1. The molecule has 1 aromatic carbocycles. The zero-order valence-corrected chi connectivity index (χ0v) is 12.5. The maximum absolute atomic E-state index is 12.9. The van der Waals surface area contributed by atoms with Crippen molar-refractivity contribution in [3.63, 3.8) is 0 Å². The van der Waals surface area contributed by atoms with E-state index in [2.05, 4.69) is 5.32 Å². The number of hydrogen-bond donors (Lipinski definition) is 1. The van der Waals surface area contributed by atoms with Crippen LogP contribution in [0.25, 0.3) is 0 Å². The number of carbonyl (C=O) groups is 1. The van der Waals surface area contributed by atoms with E-state index in [4.69, 9.17) is 21.1 Å². The van der Waals surface area contributed by atoms with Crippen LogP contribution >= 0.6 is 11.6 Å². The van der Waals surface area contributed by atoms with E-state index >= 15 is 0 Å². The molecule has 0 radical (unpaired) electrons. The quantitative estimate of drug-likeness (QED) is 0.842. The van der Waals surface area contributed by atoms with Gasteiger partial charge in [0.25, 0.3) is 5.91 Å². The number of ether oxygens (including phenoxy) is 2. The molecule has 0 aliphatic carbocycles. The van der Waals surface area contributed by atoms with Crippen molar-refractivity contribution in [2.45, 2.75) is 32.4 Å². The van der Waals surface area contributed by atoms with Crippen LogP contribution in [-0.4, -0.2) is 31.8 Å². The minimum atomic E-state index is -0.719. The molecule has 1 aromatic rings. The Kier molecular flexibility index (Phi) is 6.75. The Morgan fingerprint density at radius 2 is 2.15 bits per heavy atom. The molecule has 0 aliphatic heterocycles. The highest BCUT2D eigenvalue weighted by molar-refractivity contribution is 6.32. The van der Waals surface area contributed by atoms with Crippen LogP contribution in [0.1, 0.15) is 20.3 Å². The minimum Gasteiger partial charge on any atom is -0.479 e. The lowest BCUT2D eigenvalue weighted by Gasteiger charge is -2.19. The van der Waals surface area contributed by atoms with Gasteiger partial charge in [0, 0.05) is 19.8 Å². The van der Waals surface area contributed by atoms with Gasteiger partial charge in [0.1, 0.15) is 11.6 Å². The monoisotopic (exact) mass is 303 g/mol. The Balaban J connectivity index is 2.53. The molecule has 1 rings (SSSR count). The van der Waals surface area contributed by atoms with Crippen LogP contribution in [0.5, 0.6) is 5.75 Å². The molecule has 1 amide bonds. The summed E-state index contributed by atoms with van der Waals surface area (Å²) >= 11 is 5.84. The number of benzene rings is 1. The predicted octanol–water partition coefficient (Wildman–Crippen LogP) is 2.79. The second-order valence-corrected chi connectivity index (χ2v) is 4.93. The molecule has 4 nitrogen and oxygen atoms in total. The molecule has 2 unspecified atom stereocenters. The van der Waals surface area contributed by atoms with Crippen LogP contribution in [0.15, 0.2) is 18.2 Å². The van der Waals surface area contributed by atoms with Crippen molar-refractivity contribution in [3.05, 3.63) is 29.0 Å². The van der Waals surface area contributed by atoms with Crippen molar-refractivity contribution in [2.24, 2.45) is 0 Å². The van der Waals surface area contributed by atoms with Crippen LogP contribution < -0.4 is 10.1 Å². The van der Waals surface area contributed by atoms with E-state index in [9.17, 15) is 9.18 Å². The molecule has 2 atom stereocenters. The Labute approximate surface area is 123 Å². The van der Waals surface area contributed by atoms with Gasteiger partial charge in [-0.05, 0) is 38.5 Å². The van der Waals surface area contributed by atoms with Crippen LogP contribution in [0.4, 0.5) is 4.39 Å². The third-order valence-corrected chi connectivity index (χ3v) is 3.01. The maximum Gasteiger partial charge on any atom is 0.260 e. The third-order valence-electron chi connectivity index (χ3n) is 2.71. The molecule has 112 valence electrons. The molecule has 0 aliphatic rings.